The van der Waals surface area contributed by atoms with Crippen LogP contribution in [0.15, 0.2) is 12.4 Å². The molecule has 2 aliphatic rings. The average molecular weight is 347 g/mol. The van der Waals surface area contributed by atoms with Crippen LogP contribution < -0.4 is 10.6 Å². The third-order valence-corrected chi connectivity index (χ3v) is 5.26. The third-order valence-electron chi connectivity index (χ3n) is 5.26. The van der Waals surface area contributed by atoms with Gasteiger partial charge in [0.25, 0.3) is 0 Å². The Hall–Kier alpha value is -1.89. The minimum Gasteiger partial charge on any atom is -0.354 e. The predicted molar refractivity (Wildman–Crippen MR) is 94.9 cm³/mol. The highest BCUT2D eigenvalue weighted by atomic mass is 16.2. The van der Waals surface area contributed by atoms with Crippen LogP contribution in [0.3, 0.4) is 0 Å². The number of nitrogens with one attached hydrogen (secondary N) is 2. The number of carbonyl (C=O) groups is 2. The molecule has 0 aromatic carbocycles. The lowest BCUT2D eigenvalue weighted by atomic mass is 9.89. The van der Waals surface area contributed by atoms with Gasteiger partial charge in [0.05, 0.1) is 11.8 Å². The summed E-state index contributed by atoms with van der Waals surface area (Å²) in [6.45, 7) is 6.47. The van der Waals surface area contributed by atoms with E-state index in [1.54, 1.807) is 6.20 Å². The Morgan fingerprint density at radius 2 is 2.04 bits per heavy atom. The van der Waals surface area contributed by atoms with Gasteiger partial charge in [-0.1, -0.05) is 6.92 Å². The fourth-order valence-electron chi connectivity index (χ4n) is 3.83. The number of aromatic nitrogens is 2. The summed E-state index contributed by atoms with van der Waals surface area (Å²) in [5, 5.41) is 6.29. The molecule has 2 unspecified atom stereocenters. The van der Waals surface area contributed by atoms with E-state index in [1.807, 2.05) is 11.1 Å². The van der Waals surface area contributed by atoms with Crippen LogP contribution in [0, 0.1) is 11.8 Å². The van der Waals surface area contributed by atoms with Gasteiger partial charge in [0.15, 0.2) is 0 Å². The van der Waals surface area contributed by atoms with Gasteiger partial charge in [0.1, 0.15) is 5.82 Å². The molecule has 3 heterocycles. The first kappa shape index (κ1) is 17.9. The first-order chi connectivity index (χ1) is 12.2. The van der Waals surface area contributed by atoms with E-state index >= 15 is 0 Å². The molecule has 2 fully saturated rings. The molecule has 138 valence electrons. The van der Waals surface area contributed by atoms with Crippen LogP contribution in [0.5, 0.6) is 0 Å². The number of piperidine rings is 1. The molecule has 2 atom stereocenters. The van der Waals surface area contributed by atoms with Gasteiger partial charge < -0.3 is 20.1 Å². The molecule has 0 bridgehead atoms. The number of aryl methyl sites for hydroxylation is 1. The molecule has 2 aliphatic heterocycles. The first-order valence-electron chi connectivity index (χ1n) is 9.46. The molecule has 2 saturated heterocycles. The fourth-order valence-corrected chi connectivity index (χ4v) is 3.83. The van der Waals surface area contributed by atoms with Crippen LogP contribution in [0.25, 0.3) is 0 Å². The van der Waals surface area contributed by atoms with E-state index in [4.69, 9.17) is 0 Å². The SMILES string of the molecule is CCc1nccn1CCNC(=O)C1CNCC(C(=O)N2CCCC2)C1. The van der Waals surface area contributed by atoms with Gasteiger partial charge in [-0.15, -0.1) is 0 Å². The van der Waals surface area contributed by atoms with E-state index in [0.717, 1.165) is 44.7 Å². The summed E-state index contributed by atoms with van der Waals surface area (Å²) < 4.78 is 2.07. The molecule has 7 nitrogen and oxygen atoms in total. The van der Waals surface area contributed by atoms with Crippen LogP contribution in [0.1, 0.15) is 32.0 Å². The summed E-state index contributed by atoms with van der Waals surface area (Å²) in [6, 6.07) is 0. The van der Waals surface area contributed by atoms with E-state index in [0.29, 0.717) is 26.1 Å². The molecular formula is C18H29N5O2. The van der Waals surface area contributed by atoms with E-state index in [1.165, 1.54) is 0 Å². The summed E-state index contributed by atoms with van der Waals surface area (Å²) in [5.41, 5.74) is 0. The number of amides is 2. The minimum atomic E-state index is -0.126. The van der Waals surface area contributed by atoms with Crippen molar-refractivity contribution in [1.82, 2.24) is 25.1 Å². The molecule has 0 spiro atoms. The number of likely N-dealkylation sites (tertiary alicyclic amines) is 1. The zero-order valence-corrected chi connectivity index (χ0v) is 15.0. The van der Waals surface area contributed by atoms with Crippen LogP contribution in [0.2, 0.25) is 0 Å². The normalized spacial score (nSPS) is 23.6. The Morgan fingerprint density at radius 3 is 2.80 bits per heavy atom. The van der Waals surface area contributed by atoms with Crippen molar-refractivity contribution < 1.29 is 9.59 Å². The van der Waals surface area contributed by atoms with E-state index in [2.05, 4.69) is 27.1 Å². The Balaban J connectivity index is 1.46. The summed E-state index contributed by atoms with van der Waals surface area (Å²) in [4.78, 5) is 31.3. The van der Waals surface area contributed by atoms with Crippen LogP contribution in [-0.2, 0) is 22.6 Å². The number of nitrogens with zero attached hydrogens (tertiary/aromatic N) is 3. The van der Waals surface area contributed by atoms with Crippen molar-refractivity contribution in [3.8, 4) is 0 Å². The molecule has 0 radical (unpaired) electrons. The second kappa shape index (κ2) is 8.47. The second-order valence-electron chi connectivity index (χ2n) is 7.00. The Kier molecular flexibility index (Phi) is 6.07. The lowest BCUT2D eigenvalue weighted by molar-refractivity contribution is -0.136. The number of hydrogen-bond acceptors (Lipinski definition) is 4. The quantitative estimate of drug-likeness (QED) is 0.781. The zero-order valence-electron chi connectivity index (χ0n) is 15.0. The summed E-state index contributed by atoms with van der Waals surface area (Å²) in [7, 11) is 0. The number of rotatable bonds is 6. The highest BCUT2D eigenvalue weighted by Gasteiger charge is 2.33. The van der Waals surface area contributed by atoms with Gasteiger partial charge >= 0.3 is 0 Å². The molecule has 1 aromatic rings. The minimum absolute atomic E-state index is 0.0459. The van der Waals surface area contributed by atoms with Crippen LogP contribution in [-0.4, -0.2) is 59.0 Å². The van der Waals surface area contributed by atoms with Gasteiger partial charge in [-0.2, -0.15) is 0 Å². The van der Waals surface area contributed by atoms with Gasteiger partial charge in [0.2, 0.25) is 11.8 Å². The van der Waals surface area contributed by atoms with Crippen molar-refractivity contribution in [2.45, 2.75) is 39.2 Å². The third kappa shape index (κ3) is 4.39. The van der Waals surface area contributed by atoms with Crippen LogP contribution in [0.4, 0.5) is 0 Å². The number of imidazole rings is 1. The monoisotopic (exact) mass is 347 g/mol. The highest BCUT2D eigenvalue weighted by molar-refractivity contribution is 5.83. The van der Waals surface area contributed by atoms with E-state index in [-0.39, 0.29) is 23.7 Å². The molecular weight excluding hydrogens is 318 g/mol. The summed E-state index contributed by atoms with van der Waals surface area (Å²) >= 11 is 0. The molecule has 25 heavy (non-hydrogen) atoms. The zero-order chi connectivity index (χ0) is 17.6. The molecule has 0 aliphatic carbocycles. The summed E-state index contributed by atoms with van der Waals surface area (Å²) in [5.74, 6) is 1.10. The molecule has 0 saturated carbocycles. The second-order valence-corrected chi connectivity index (χ2v) is 7.00. The maximum absolute atomic E-state index is 12.6. The van der Waals surface area contributed by atoms with E-state index in [9.17, 15) is 9.59 Å². The van der Waals surface area contributed by atoms with Crippen molar-refractivity contribution in [3.05, 3.63) is 18.2 Å². The van der Waals surface area contributed by atoms with Gasteiger partial charge in [-0.3, -0.25) is 9.59 Å². The van der Waals surface area contributed by atoms with Crippen molar-refractivity contribution in [3.63, 3.8) is 0 Å². The topological polar surface area (TPSA) is 79.3 Å². The average Bonchev–Trinajstić information content (AvgIpc) is 3.32. The number of carbonyl (C=O) groups excluding carboxylic acids is 2. The molecule has 3 rings (SSSR count). The number of hydrogen-bond donors (Lipinski definition) is 2. The lowest BCUT2D eigenvalue weighted by Crippen LogP contribution is -2.49. The van der Waals surface area contributed by atoms with Gasteiger partial charge in [0, 0.05) is 58.1 Å². The molecule has 7 heteroatoms. The smallest absolute Gasteiger partial charge is 0.226 e. The lowest BCUT2D eigenvalue weighted by Gasteiger charge is -2.31. The molecule has 2 N–H and O–H groups in total. The largest absolute Gasteiger partial charge is 0.354 e. The van der Waals surface area contributed by atoms with Crippen molar-refractivity contribution in [2.24, 2.45) is 11.8 Å². The standard InChI is InChI=1S/C18H29N5O2/c1-2-16-20-5-9-22(16)10-6-21-17(24)14-11-15(13-19-12-14)18(25)23-7-3-4-8-23/h5,9,14-15,19H,2-4,6-8,10-13H2,1H3,(H,21,24). The Bertz CT molecular complexity index is 594. The molecule has 1 aromatic heterocycles. The van der Waals surface area contributed by atoms with Crippen LogP contribution >= 0.6 is 0 Å². The highest BCUT2D eigenvalue weighted by Crippen LogP contribution is 2.21. The van der Waals surface area contributed by atoms with Gasteiger partial charge in [-0.25, -0.2) is 4.98 Å². The van der Waals surface area contributed by atoms with Crippen molar-refractivity contribution >= 4 is 11.8 Å². The summed E-state index contributed by atoms with van der Waals surface area (Å²) in [6.07, 6.45) is 7.47. The van der Waals surface area contributed by atoms with Gasteiger partial charge in [-0.05, 0) is 19.3 Å². The first-order valence-corrected chi connectivity index (χ1v) is 9.46. The fraction of sp³-hybridized carbons (Fsp3) is 0.722. The maximum atomic E-state index is 12.6. The van der Waals surface area contributed by atoms with Crippen molar-refractivity contribution in [2.75, 3.05) is 32.7 Å². The van der Waals surface area contributed by atoms with E-state index < -0.39 is 0 Å². The van der Waals surface area contributed by atoms with Crippen molar-refractivity contribution in [1.29, 1.82) is 0 Å². The Labute approximate surface area is 149 Å². The Morgan fingerprint density at radius 1 is 1.28 bits per heavy atom. The predicted octanol–water partition coefficient (Wildman–Crippen LogP) is 0.410. The maximum Gasteiger partial charge on any atom is 0.226 e. The molecule has 2 amide bonds.